The maximum Gasteiger partial charge on any atom is 0.248 e. The van der Waals surface area contributed by atoms with Crippen LogP contribution in [0.25, 0.3) is 10.9 Å². The highest BCUT2D eigenvalue weighted by molar-refractivity contribution is 5.98. The zero-order valence-electron chi connectivity index (χ0n) is 20.0. The number of phenols is 1. The molecule has 34 heavy (non-hydrogen) atoms. The van der Waals surface area contributed by atoms with Gasteiger partial charge in [-0.05, 0) is 55.3 Å². The van der Waals surface area contributed by atoms with Crippen LogP contribution < -0.4 is 5.73 Å². The first-order valence-corrected chi connectivity index (χ1v) is 11.0. The number of rotatable bonds is 4. The van der Waals surface area contributed by atoms with Crippen molar-refractivity contribution >= 4 is 23.0 Å². The van der Waals surface area contributed by atoms with Crippen molar-refractivity contribution in [2.45, 2.75) is 34.2 Å². The number of aromatic hydroxyl groups is 1. The van der Waals surface area contributed by atoms with Crippen molar-refractivity contribution in [2.24, 2.45) is 5.73 Å². The van der Waals surface area contributed by atoms with Gasteiger partial charge in [0, 0.05) is 41.0 Å². The van der Waals surface area contributed by atoms with Crippen molar-refractivity contribution in [1.29, 1.82) is 10.7 Å². The zero-order valence-corrected chi connectivity index (χ0v) is 20.0. The van der Waals surface area contributed by atoms with E-state index < -0.39 is 5.91 Å². The summed E-state index contributed by atoms with van der Waals surface area (Å²) in [6, 6.07) is 20.4. The van der Waals surface area contributed by atoms with E-state index >= 15 is 0 Å². The molecule has 174 valence electrons. The van der Waals surface area contributed by atoms with Gasteiger partial charge in [0.25, 0.3) is 0 Å². The molecule has 6 nitrogen and oxygen atoms in total. The largest absolute Gasteiger partial charge is 0.507 e. The number of aryl methyl sites for hydroxylation is 2. The van der Waals surface area contributed by atoms with Gasteiger partial charge in [-0.3, -0.25) is 4.79 Å². The third-order valence-electron chi connectivity index (χ3n) is 5.24. The molecule has 4 N–H and O–H groups in total. The van der Waals surface area contributed by atoms with Crippen LogP contribution in [0.2, 0.25) is 0 Å². The SMILES string of the molecule is CC.Cc1ccc(Cn2ccc3c(C=N)cccc32)c(C)c1.N#Cc1cc(C(N)=O)ccc1O. The molecular weight excluding hydrogens is 424 g/mol. The van der Waals surface area contributed by atoms with Crippen molar-refractivity contribution in [3.05, 3.63) is 100 Å². The summed E-state index contributed by atoms with van der Waals surface area (Å²) < 4.78 is 2.25. The summed E-state index contributed by atoms with van der Waals surface area (Å²) in [6.07, 6.45) is 3.53. The van der Waals surface area contributed by atoms with Crippen molar-refractivity contribution in [3.63, 3.8) is 0 Å². The first kappa shape index (κ1) is 25.9. The highest BCUT2D eigenvalue weighted by Gasteiger charge is 2.06. The minimum Gasteiger partial charge on any atom is -0.507 e. The Morgan fingerprint density at radius 3 is 2.47 bits per heavy atom. The average Bonchev–Trinajstić information content (AvgIpc) is 3.25. The van der Waals surface area contributed by atoms with Crippen LogP contribution in [0, 0.1) is 30.6 Å². The molecule has 0 radical (unpaired) electrons. The lowest BCUT2D eigenvalue weighted by molar-refractivity contribution is 0.1000. The first-order valence-electron chi connectivity index (χ1n) is 11.0. The Labute approximate surface area is 200 Å². The van der Waals surface area contributed by atoms with Crippen LogP contribution in [-0.2, 0) is 6.54 Å². The third-order valence-corrected chi connectivity index (χ3v) is 5.24. The van der Waals surface area contributed by atoms with Crippen LogP contribution in [-0.4, -0.2) is 21.8 Å². The van der Waals surface area contributed by atoms with Gasteiger partial charge in [-0.15, -0.1) is 0 Å². The van der Waals surface area contributed by atoms with Crippen LogP contribution in [0.3, 0.4) is 0 Å². The number of phenolic OH excluding ortho intramolecular Hbond substituents is 1. The molecule has 4 aromatic rings. The van der Waals surface area contributed by atoms with Crippen LogP contribution in [0.1, 0.15) is 52.0 Å². The van der Waals surface area contributed by atoms with E-state index in [1.807, 2.05) is 26.0 Å². The average molecular weight is 455 g/mol. The van der Waals surface area contributed by atoms with Gasteiger partial charge in [0.05, 0.1) is 5.56 Å². The molecule has 1 amide bonds. The number of fused-ring (bicyclic) bond motifs is 1. The topological polar surface area (TPSA) is 116 Å². The standard InChI is InChI=1S/C18H18N2.C8H6N2O2.C2H6/c1-13-6-7-16(14(2)10-13)12-20-9-8-17-15(11-19)4-3-5-18(17)20;9-4-6-3-5(8(10)12)1-2-7(6)11;1-2/h3-11,19H,12H2,1-2H3;1-3,11H,(H2,10,12);1-2H3. The lowest BCUT2D eigenvalue weighted by Crippen LogP contribution is -2.10. The number of nitrogens with two attached hydrogens (primary N) is 1. The second kappa shape index (κ2) is 12.0. The molecule has 0 aliphatic carbocycles. The highest BCUT2D eigenvalue weighted by atomic mass is 16.3. The number of primary amides is 1. The molecule has 3 aromatic carbocycles. The van der Waals surface area contributed by atoms with Gasteiger partial charge in [-0.25, -0.2) is 0 Å². The number of hydrogen-bond acceptors (Lipinski definition) is 4. The number of nitrogens with one attached hydrogen (secondary N) is 1. The van der Waals surface area contributed by atoms with Gasteiger partial charge in [0.1, 0.15) is 11.8 Å². The molecule has 0 fully saturated rings. The molecule has 1 heterocycles. The highest BCUT2D eigenvalue weighted by Crippen LogP contribution is 2.21. The fraction of sp³-hybridized carbons (Fsp3) is 0.179. The molecule has 0 aliphatic rings. The number of hydrogen-bond donors (Lipinski definition) is 3. The first-order chi connectivity index (χ1) is 16.3. The number of nitrogens with zero attached hydrogens (tertiary/aromatic N) is 2. The Morgan fingerprint density at radius 2 is 1.85 bits per heavy atom. The molecule has 6 heteroatoms. The van der Waals surface area contributed by atoms with E-state index in [1.165, 1.54) is 46.6 Å². The van der Waals surface area contributed by atoms with E-state index in [0.29, 0.717) is 0 Å². The summed E-state index contributed by atoms with van der Waals surface area (Å²) in [5.41, 5.74) is 11.3. The normalized spacial score (nSPS) is 9.74. The fourth-order valence-electron chi connectivity index (χ4n) is 3.50. The maximum absolute atomic E-state index is 10.6. The summed E-state index contributed by atoms with van der Waals surface area (Å²) >= 11 is 0. The molecule has 0 aliphatic heterocycles. The fourth-order valence-corrected chi connectivity index (χ4v) is 3.50. The molecular formula is C28H30N4O2. The molecule has 0 unspecified atom stereocenters. The number of carbonyl (C=O) groups is 1. The van der Waals surface area contributed by atoms with Gasteiger partial charge in [0.2, 0.25) is 5.91 Å². The smallest absolute Gasteiger partial charge is 0.248 e. The van der Waals surface area contributed by atoms with Crippen LogP contribution in [0.15, 0.2) is 66.9 Å². The van der Waals surface area contributed by atoms with Gasteiger partial charge in [-0.1, -0.05) is 49.7 Å². The summed E-state index contributed by atoms with van der Waals surface area (Å²) in [4.78, 5) is 10.6. The molecule has 4 rings (SSSR count). The Bertz CT molecular complexity index is 1350. The van der Waals surface area contributed by atoms with E-state index in [0.717, 1.165) is 17.5 Å². The van der Waals surface area contributed by atoms with Gasteiger partial charge in [0.15, 0.2) is 0 Å². The summed E-state index contributed by atoms with van der Waals surface area (Å²) in [5, 5.41) is 26.1. The van der Waals surface area contributed by atoms with E-state index in [2.05, 4.69) is 54.9 Å². The second-order valence-electron chi connectivity index (χ2n) is 7.51. The minimum absolute atomic E-state index is 0.0475. The third kappa shape index (κ3) is 6.11. The van der Waals surface area contributed by atoms with Crippen LogP contribution in [0.4, 0.5) is 0 Å². The predicted molar refractivity (Wildman–Crippen MR) is 138 cm³/mol. The zero-order chi connectivity index (χ0) is 25.3. The molecule has 0 saturated heterocycles. The van der Waals surface area contributed by atoms with E-state index in [4.69, 9.17) is 21.5 Å². The Morgan fingerprint density at radius 1 is 1.12 bits per heavy atom. The van der Waals surface area contributed by atoms with E-state index in [1.54, 1.807) is 6.07 Å². The monoisotopic (exact) mass is 454 g/mol. The number of aromatic nitrogens is 1. The van der Waals surface area contributed by atoms with Gasteiger partial charge in [-0.2, -0.15) is 5.26 Å². The van der Waals surface area contributed by atoms with Crippen molar-refractivity contribution < 1.29 is 9.90 Å². The maximum atomic E-state index is 10.6. The van der Waals surface area contributed by atoms with E-state index in [-0.39, 0.29) is 16.9 Å². The number of nitriles is 1. The minimum atomic E-state index is -0.619. The van der Waals surface area contributed by atoms with Gasteiger partial charge < -0.3 is 20.8 Å². The van der Waals surface area contributed by atoms with Gasteiger partial charge >= 0.3 is 0 Å². The summed E-state index contributed by atoms with van der Waals surface area (Å²) in [6.45, 7) is 9.16. The van der Waals surface area contributed by atoms with Crippen LogP contribution >= 0.6 is 0 Å². The number of amides is 1. The molecule has 0 bridgehead atoms. The van der Waals surface area contributed by atoms with Crippen molar-refractivity contribution in [2.75, 3.05) is 0 Å². The lowest BCUT2D eigenvalue weighted by Gasteiger charge is -2.10. The number of carbonyl (C=O) groups excluding carboxylic acids is 1. The molecule has 0 atom stereocenters. The second-order valence-corrected chi connectivity index (χ2v) is 7.51. The quantitative estimate of drug-likeness (QED) is 0.344. The lowest BCUT2D eigenvalue weighted by atomic mass is 10.1. The Hall–Kier alpha value is -4.37. The summed E-state index contributed by atoms with van der Waals surface area (Å²) in [7, 11) is 0. The Kier molecular flexibility index (Phi) is 9.16. The molecule has 0 spiro atoms. The Balaban J connectivity index is 0.000000251. The van der Waals surface area contributed by atoms with E-state index in [9.17, 15) is 4.79 Å². The predicted octanol–water partition coefficient (Wildman–Crippen LogP) is 5.69. The number of benzene rings is 3. The van der Waals surface area contributed by atoms with Crippen molar-refractivity contribution in [1.82, 2.24) is 4.57 Å². The molecule has 1 aromatic heterocycles. The molecule has 0 saturated carbocycles. The summed E-state index contributed by atoms with van der Waals surface area (Å²) in [5.74, 6) is -0.769. The van der Waals surface area contributed by atoms with Crippen molar-refractivity contribution in [3.8, 4) is 11.8 Å². The van der Waals surface area contributed by atoms with Crippen LogP contribution in [0.5, 0.6) is 5.75 Å².